The quantitative estimate of drug-likeness (QED) is 0.351. The van der Waals surface area contributed by atoms with Crippen molar-refractivity contribution >= 4 is 18.2 Å². The van der Waals surface area contributed by atoms with E-state index < -0.39 is 29.8 Å². The number of amides is 2. The van der Waals surface area contributed by atoms with Crippen molar-refractivity contribution < 1.29 is 34.3 Å². The van der Waals surface area contributed by atoms with Crippen LogP contribution in [0.25, 0.3) is 0 Å². The highest BCUT2D eigenvalue weighted by atomic mass is 16.6. The molecule has 0 aromatic heterocycles. The standard InChI is InChI=1S/C19H28N2O6.C12H23N/c1-19(2,3)27-17(24)20-12-8-7-11-15(16(22)23)21-18(25)26-13-14-9-5-4-6-10-14;1-3-7-11(8-4-1)13-12-9-5-2-6-10-12/h4-6,9-10,15H,7-8,11-13H2,1-3H3,(H,20,24)(H,21,25)(H,22,23);11-13H,1-10H2/t15-;/m0./s1. The summed E-state index contributed by atoms with van der Waals surface area (Å²) in [5.41, 5.74) is 0.222. The molecule has 2 aliphatic carbocycles. The fourth-order valence-electron chi connectivity index (χ4n) is 5.17. The summed E-state index contributed by atoms with van der Waals surface area (Å²) in [5, 5.41) is 18.8. The molecule has 2 aliphatic rings. The lowest BCUT2D eigenvalue weighted by atomic mass is 9.91. The Morgan fingerprint density at radius 1 is 0.900 bits per heavy atom. The highest BCUT2D eigenvalue weighted by Crippen LogP contribution is 2.18. The second-order valence-electron chi connectivity index (χ2n) is 12.0. The number of benzene rings is 1. The van der Waals surface area contributed by atoms with Crippen molar-refractivity contribution in [2.45, 2.75) is 135 Å². The van der Waals surface area contributed by atoms with Gasteiger partial charge in [0.1, 0.15) is 12.2 Å². The maximum absolute atomic E-state index is 11.7. The summed E-state index contributed by atoms with van der Waals surface area (Å²) >= 11 is 0. The van der Waals surface area contributed by atoms with Gasteiger partial charge >= 0.3 is 12.2 Å². The van der Waals surface area contributed by atoms with Crippen LogP contribution < -0.4 is 21.1 Å². The van der Waals surface area contributed by atoms with Crippen LogP contribution in [0.15, 0.2) is 30.3 Å². The first-order valence-electron chi connectivity index (χ1n) is 15.1. The van der Waals surface area contributed by atoms with Crippen LogP contribution in [-0.2, 0) is 20.9 Å². The van der Waals surface area contributed by atoms with Crippen LogP contribution in [0.5, 0.6) is 0 Å². The molecule has 0 unspecified atom stereocenters. The van der Waals surface area contributed by atoms with Crippen molar-refractivity contribution in [2.75, 3.05) is 6.54 Å². The number of hydrogen-bond donors (Lipinski definition) is 3. The monoisotopic (exact) mass is 561 g/mol. The molecule has 0 aliphatic heterocycles. The molecule has 9 nitrogen and oxygen atoms in total. The summed E-state index contributed by atoms with van der Waals surface area (Å²) in [5.74, 6) is -1.38. The number of carboxylic acid groups (broad SMARTS) is 1. The molecule has 2 amide bonds. The van der Waals surface area contributed by atoms with E-state index in [0.29, 0.717) is 19.4 Å². The molecule has 3 rings (SSSR count). The minimum absolute atomic E-state index is 0.0479. The van der Waals surface area contributed by atoms with Crippen molar-refractivity contribution in [1.82, 2.24) is 10.6 Å². The van der Waals surface area contributed by atoms with Gasteiger partial charge in [0.05, 0.1) is 24.1 Å². The average Bonchev–Trinajstić information content (AvgIpc) is 2.92. The molecule has 0 radical (unpaired) electrons. The Bertz CT molecular complexity index is 846. The number of unbranched alkanes of at least 4 members (excludes halogenated alkanes) is 1. The summed E-state index contributed by atoms with van der Waals surface area (Å²) in [4.78, 5) is 34.4. The van der Waals surface area contributed by atoms with E-state index in [9.17, 15) is 19.5 Å². The van der Waals surface area contributed by atoms with Gasteiger partial charge in [-0.2, -0.15) is 0 Å². The first kappa shape index (κ1) is 33.4. The van der Waals surface area contributed by atoms with E-state index in [1.165, 1.54) is 64.2 Å². The summed E-state index contributed by atoms with van der Waals surface area (Å²) in [6.07, 6.45) is 14.8. The SMILES string of the molecule is C1CCC([NH2+]C2CCCCC2)CC1.CC(C)(C)OC(=O)NCCCC[C@H](NC(=O)OCc1ccccc1)C(=O)[O-]. The van der Waals surface area contributed by atoms with Gasteiger partial charge in [0.25, 0.3) is 0 Å². The van der Waals surface area contributed by atoms with E-state index >= 15 is 0 Å². The zero-order valence-electron chi connectivity index (χ0n) is 24.8. The average molecular weight is 562 g/mol. The fraction of sp³-hybridized carbons (Fsp3) is 0.710. The van der Waals surface area contributed by atoms with E-state index in [1.807, 2.05) is 18.2 Å². The number of carbonyl (C=O) groups excluding carboxylic acids is 3. The molecular weight excluding hydrogens is 510 g/mol. The van der Waals surface area contributed by atoms with Crippen LogP contribution >= 0.6 is 0 Å². The Hall–Kier alpha value is -2.81. The maximum atomic E-state index is 11.7. The molecule has 2 saturated carbocycles. The third kappa shape index (κ3) is 15.7. The minimum atomic E-state index is -1.38. The molecule has 0 heterocycles. The molecule has 2 fully saturated rings. The minimum Gasteiger partial charge on any atom is -0.548 e. The topological polar surface area (TPSA) is 133 Å². The second-order valence-corrected chi connectivity index (χ2v) is 12.0. The number of carbonyl (C=O) groups is 3. The zero-order valence-corrected chi connectivity index (χ0v) is 24.8. The smallest absolute Gasteiger partial charge is 0.407 e. The number of hydrogen-bond acceptors (Lipinski definition) is 6. The van der Waals surface area contributed by atoms with Crippen LogP contribution in [0.3, 0.4) is 0 Å². The third-order valence-electron chi connectivity index (χ3n) is 7.22. The van der Waals surface area contributed by atoms with Crippen molar-refractivity contribution in [3.8, 4) is 0 Å². The van der Waals surface area contributed by atoms with Gasteiger partial charge in [0, 0.05) is 6.54 Å². The van der Waals surface area contributed by atoms with E-state index in [2.05, 4.69) is 16.0 Å². The molecule has 226 valence electrons. The third-order valence-corrected chi connectivity index (χ3v) is 7.22. The molecule has 4 N–H and O–H groups in total. The summed E-state index contributed by atoms with van der Waals surface area (Å²) in [7, 11) is 0. The largest absolute Gasteiger partial charge is 0.548 e. The number of alkyl carbamates (subject to hydrolysis) is 2. The molecule has 9 heteroatoms. The number of quaternary nitrogens is 1. The maximum Gasteiger partial charge on any atom is 0.407 e. The van der Waals surface area contributed by atoms with E-state index in [0.717, 1.165) is 17.6 Å². The van der Waals surface area contributed by atoms with Crippen molar-refractivity contribution in [3.05, 3.63) is 35.9 Å². The van der Waals surface area contributed by atoms with Gasteiger partial charge in [0.15, 0.2) is 0 Å². The number of aliphatic carboxylic acids is 1. The van der Waals surface area contributed by atoms with Crippen molar-refractivity contribution in [1.29, 1.82) is 0 Å². The Kier molecular flexibility index (Phi) is 15.5. The van der Waals surface area contributed by atoms with Gasteiger partial charge < -0.3 is 35.3 Å². The van der Waals surface area contributed by atoms with Crippen LogP contribution in [0.2, 0.25) is 0 Å². The first-order valence-corrected chi connectivity index (χ1v) is 15.1. The van der Waals surface area contributed by atoms with Gasteiger partial charge in [-0.05, 0) is 97.0 Å². The van der Waals surface area contributed by atoms with Gasteiger partial charge in [-0.3, -0.25) is 0 Å². The fourth-order valence-corrected chi connectivity index (χ4v) is 5.17. The number of ether oxygens (including phenoxy) is 2. The van der Waals surface area contributed by atoms with Crippen LogP contribution in [0.4, 0.5) is 9.59 Å². The molecule has 1 aromatic carbocycles. The molecule has 1 atom stereocenters. The summed E-state index contributed by atoms with van der Waals surface area (Å²) in [6, 6.07) is 9.89. The number of nitrogens with one attached hydrogen (secondary N) is 2. The number of carboxylic acids is 1. The molecule has 1 aromatic rings. The highest BCUT2D eigenvalue weighted by molar-refractivity contribution is 5.78. The van der Waals surface area contributed by atoms with E-state index in [4.69, 9.17) is 9.47 Å². The summed E-state index contributed by atoms with van der Waals surface area (Å²) in [6.45, 7) is 5.68. The van der Waals surface area contributed by atoms with Crippen LogP contribution in [-0.4, -0.2) is 48.4 Å². The second kappa shape index (κ2) is 18.5. The molecular formula is C31H51N3O6. The van der Waals surface area contributed by atoms with Gasteiger partial charge in [-0.15, -0.1) is 0 Å². The first-order chi connectivity index (χ1) is 19.1. The van der Waals surface area contributed by atoms with Crippen molar-refractivity contribution in [3.63, 3.8) is 0 Å². The van der Waals surface area contributed by atoms with Gasteiger partial charge in [0.2, 0.25) is 0 Å². The Labute approximate surface area is 240 Å². The predicted molar refractivity (Wildman–Crippen MR) is 152 cm³/mol. The molecule has 40 heavy (non-hydrogen) atoms. The lowest BCUT2D eigenvalue weighted by Crippen LogP contribution is -2.95. The van der Waals surface area contributed by atoms with E-state index in [-0.39, 0.29) is 13.0 Å². The Balaban J connectivity index is 0.000000355. The lowest BCUT2D eigenvalue weighted by molar-refractivity contribution is -0.725. The van der Waals surface area contributed by atoms with Gasteiger partial charge in [-0.25, -0.2) is 9.59 Å². The molecule has 0 spiro atoms. The van der Waals surface area contributed by atoms with Gasteiger partial charge in [-0.1, -0.05) is 43.2 Å². The molecule has 0 bridgehead atoms. The number of rotatable bonds is 11. The Morgan fingerprint density at radius 3 is 2.00 bits per heavy atom. The lowest BCUT2D eigenvalue weighted by Gasteiger charge is -2.27. The molecule has 0 saturated heterocycles. The van der Waals surface area contributed by atoms with Crippen LogP contribution in [0.1, 0.15) is 110 Å². The van der Waals surface area contributed by atoms with Crippen molar-refractivity contribution in [2.24, 2.45) is 0 Å². The normalized spacial score (nSPS) is 17.1. The summed E-state index contributed by atoms with van der Waals surface area (Å²) < 4.78 is 10.1. The highest BCUT2D eigenvalue weighted by Gasteiger charge is 2.23. The number of nitrogens with two attached hydrogens (primary N) is 1. The Morgan fingerprint density at radius 2 is 1.48 bits per heavy atom. The van der Waals surface area contributed by atoms with E-state index in [1.54, 1.807) is 32.9 Å². The predicted octanol–water partition coefficient (Wildman–Crippen LogP) is 3.94. The zero-order chi connectivity index (χ0) is 29.2. The van der Waals surface area contributed by atoms with Crippen LogP contribution in [0, 0.1) is 0 Å².